The molecule has 1 saturated heterocycles. The highest BCUT2D eigenvalue weighted by Crippen LogP contribution is 2.35. The molecule has 3 N–H and O–H groups in total. The number of pyridine rings is 1. The second-order valence-corrected chi connectivity index (χ2v) is 12.4. The molecule has 3 atom stereocenters. The number of hydrogen-bond acceptors (Lipinski definition) is 7. The molecule has 4 aromatic rings. The number of carbonyl (C=O) groups is 2. The molecule has 2 bridgehead atoms. The van der Waals surface area contributed by atoms with Crippen LogP contribution in [0, 0.1) is 0 Å². The fourth-order valence-corrected chi connectivity index (χ4v) is 6.69. The topological polar surface area (TPSA) is 130 Å². The predicted molar refractivity (Wildman–Crippen MR) is 170 cm³/mol. The molecule has 46 heavy (non-hydrogen) atoms. The molecule has 3 aromatic heterocycles. The summed E-state index contributed by atoms with van der Waals surface area (Å²) < 4.78 is 44.3. The number of halogens is 2. The number of aryl methyl sites for hydroxylation is 2. The first-order chi connectivity index (χ1) is 22.0. The van der Waals surface area contributed by atoms with Crippen LogP contribution < -0.4 is 15.8 Å². The van der Waals surface area contributed by atoms with Crippen molar-refractivity contribution >= 4 is 33.9 Å². The van der Waals surface area contributed by atoms with Crippen molar-refractivity contribution in [3.63, 3.8) is 0 Å². The van der Waals surface area contributed by atoms with Gasteiger partial charge in [0.25, 0.3) is 11.8 Å². The fourth-order valence-electron chi connectivity index (χ4n) is 6.69. The average Bonchev–Trinajstić information content (AvgIpc) is 3.57. The van der Waals surface area contributed by atoms with Gasteiger partial charge in [-0.15, -0.1) is 0 Å². The molecule has 13 heteroatoms. The van der Waals surface area contributed by atoms with Crippen molar-refractivity contribution in [3.05, 3.63) is 41.6 Å². The first-order valence-electron chi connectivity index (χ1n) is 15.8. The fraction of sp³-hybridized carbons (Fsp3) is 0.515. The summed E-state index contributed by atoms with van der Waals surface area (Å²) in [7, 11) is 5.12. The number of rotatable bonds is 4. The minimum atomic E-state index is -3.42. The summed E-state index contributed by atoms with van der Waals surface area (Å²) >= 11 is 0. The normalized spacial score (nSPS) is 22.6. The zero-order valence-electron chi connectivity index (χ0n) is 26.7. The molecule has 246 valence electrons. The minimum absolute atomic E-state index is 0.0831. The van der Waals surface area contributed by atoms with E-state index in [1.54, 1.807) is 44.2 Å². The Hall–Kier alpha value is -4.10. The van der Waals surface area contributed by atoms with Crippen LogP contribution in [-0.2, 0) is 23.1 Å². The molecular formula is C33H41F2N7O4. The maximum absolute atomic E-state index is 14.5. The van der Waals surface area contributed by atoms with Crippen LogP contribution in [0.1, 0.15) is 67.5 Å². The highest BCUT2D eigenvalue weighted by Gasteiger charge is 2.39. The van der Waals surface area contributed by atoms with Crippen LogP contribution in [0.25, 0.3) is 33.6 Å². The van der Waals surface area contributed by atoms with Crippen molar-refractivity contribution < 1.29 is 27.8 Å². The number of methoxy groups -OCH3 is 2. The Morgan fingerprint density at radius 1 is 1.09 bits per heavy atom. The number of ether oxygens (including phenoxy) is 2. The van der Waals surface area contributed by atoms with Gasteiger partial charge in [-0.05, 0) is 56.5 Å². The molecule has 6 rings (SSSR count). The molecule has 0 saturated carbocycles. The van der Waals surface area contributed by atoms with E-state index in [0.717, 1.165) is 29.4 Å². The lowest BCUT2D eigenvalue weighted by molar-refractivity contribution is -0.147. The number of benzene rings is 1. The van der Waals surface area contributed by atoms with Gasteiger partial charge in [-0.25, -0.2) is 9.97 Å². The van der Waals surface area contributed by atoms with E-state index < -0.39 is 24.3 Å². The Labute approximate surface area is 266 Å². The van der Waals surface area contributed by atoms with Crippen molar-refractivity contribution in [3.8, 4) is 17.3 Å². The zero-order valence-corrected chi connectivity index (χ0v) is 26.7. The smallest absolute Gasteiger partial charge is 0.324 e. The molecule has 2 aliphatic rings. The molecule has 2 amide bonds. The Balaban J connectivity index is 1.41. The maximum Gasteiger partial charge on any atom is 0.324 e. The lowest BCUT2D eigenvalue weighted by atomic mass is 10.0. The molecule has 2 aliphatic heterocycles. The lowest BCUT2D eigenvalue weighted by Gasteiger charge is -2.36. The van der Waals surface area contributed by atoms with E-state index in [1.807, 2.05) is 23.7 Å². The third kappa shape index (κ3) is 5.81. The Morgan fingerprint density at radius 3 is 2.61 bits per heavy atom. The molecule has 0 unspecified atom stereocenters. The van der Waals surface area contributed by atoms with Crippen molar-refractivity contribution in [2.75, 3.05) is 27.3 Å². The summed E-state index contributed by atoms with van der Waals surface area (Å²) in [5.41, 5.74) is 10.1. The van der Waals surface area contributed by atoms with Crippen molar-refractivity contribution in [2.45, 2.75) is 76.1 Å². The van der Waals surface area contributed by atoms with Crippen LogP contribution >= 0.6 is 0 Å². The van der Waals surface area contributed by atoms with E-state index in [2.05, 4.69) is 9.88 Å². The lowest BCUT2D eigenvalue weighted by Crippen LogP contribution is -2.53. The van der Waals surface area contributed by atoms with Crippen molar-refractivity contribution in [1.82, 2.24) is 29.3 Å². The van der Waals surface area contributed by atoms with Crippen LogP contribution in [0.4, 0.5) is 8.78 Å². The van der Waals surface area contributed by atoms with E-state index >= 15 is 0 Å². The Bertz CT molecular complexity index is 1780. The van der Waals surface area contributed by atoms with E-state index in [4.69, 9.17) is 25.2 Å². The second kappa shape index (κ2) is 12.6. The maximum atomic E-state index is 14.5. The number of piperidine rings is 1. The molecule has 11 nitrogen and oxygen atoms in total. The Morgan fingerprint density at radius 2 is 1.87 bits per heavy atom. The van der Waals surface area contributed by atoms with E-state index in [9.17, 15) is 18.4 Å². The summed E-state index contributed by atoms with van der Waals surface area (Å²) in [6.45, 7) is 3.20. The van der Waals surface area contributed by atoms with Gasteiger partial charge in [0.15, 0.2) is 5.82 Å². The minimum Gasteiger partial charge on any atom is -0.494 e. The molecular weight excluding hydrogens is 596 g/mol. The summed E-state index contributed by atoms with van der Waals surface area (Å²) in [5, 5.41) is 3.32. The van der Waals surface area contributed by atoms with Crippen LogP contribution in [0.3, 0.4) is 0 Å². The number of fused-ring (bicyclic) bond motifs is 2. The van der Waals surface area contributed by atoms with Gasteiger partial charge in [0, 0.05) is 57.2 Å². The highest BCUT2D eigenvalue weighted by atomic mass is 19.3. The third-order valence-electron chi connectivity index (χ3n) is 9.32. The first kappa shape index (κ1) is 31.9. The number of carbonyl (C=O) groups excluding carboxylic acids is 2. The summed E-state index contributed by atoms with van der Waals surface area (Å²) in [4.78, 5) is 37.6. The van der Waals surface area contributed by atoms with Gasteiger partial charge in [0.2, 0.25) is 0 Å². The van der Waals surface area contributed by atoms with Gasteiger partial charge < -0.3 is 34.6 Å². The molecule has 1 fully saturated rings. The number of nitrogens with zero attached hydrogens (tertiary/aromatic N) is 5. The van der Waals surface area contributed by atoms with Gasteiger partial charge in [-0.1, -0.05) is 12.8 Å². The molecule has 0 spiro atoms. The largest absolute Gasteiger partial charge is 0.494 e. The first-order valence-corrected chi connectivity index (χ1v) is 15.8. The summed E-state index contributed by atoms with van der Waals surface area (Å²) in [6, 6.07) is 8.22. The van der Waals surface area contributed by atoms with E-state index in [-0.39, 0.29) is 24.5 Å². The van der Waals surface area contributed by atoms with Crippen LogP contribution in [-0.4, -0.2) is 81.2 Å². The molecule has 0 radical (unpaired) electrons. The van der Waals surface area contributed by atoms with Gasteiger partial charge in [0.1, 0.15) is 16.9 Å². The molecule has 5 heterocycles. The monoisotopic (exact) mass is 637 g/mol. The summed E-state index contributed by atoms with van der Waals surface area (Å²) in [5.74, 6) is -3.64. The average molecular weight is 638 g/mol. The van der Waals surface area contributed by atoms with E-state index in [1.165, 1.54) is 0 Å². The number of amides is 2. The number of likely N-dealkylation sites (tertiary alicyclic amines) is 1. The number of hydrogen-bond donors (Lipinski definition) is 2. The zero-order chi connectivity index (χ0) is 32.7. The van der Waals surface area contributed by atoms with Gasteiger partial charge >= 0.3 is 5.92 Å². The van der Waals surface area contributed by atoms with Crippen LogP contribution in [0.15, 0.2) is 30.3 Å². The third-order valence-corrected chi connectivity index (χ3v) is 9.32. The number of nitrogens with two attached hydrogens (primary N) is 1. The van der Waals surface area contributed by atoms with Crippen molar-refractivity contribution in [1.29, 1.82) is 0 Å². The standard InChI is InChI=1S/C33H41F2N7O4/c1-19-23-10-9-20-16-25(42(29(20)38-23)13-8-6-5-7-12-33(34,35)32(44)37-19)30-39-24-15-21(17-27(46-4)28(24)40(30)2)31(43)41-14-11-26(45-3)22(36)18-41/h9-10,15-17,19,22,26H,5-8,11-14,18,36H2,1-4H3,(H,37,44)/t19-,22+,26-/m1/s1. The number of alkyl halides is 2. The van der Waals surface area contributed by atoms with Crippen molar-refractivity contribution in [2.24, 2.45) is 12.8 Å². The van der Waals surface area contributed by atoms with Crippen LogP contribution in [0.5, 0.6) is 5.75 Å². The van der Waals surface area contributed by atoms with Gasteiger partial charge in [-0.3, -0.25) is 9.59 Å². The number of aromatic nitrogens is 4. The second-order valence-electron chi connectivity index (χ2n) is 12.4. The number of nitrogens with one attached hydrogen (secondary N) is 1. The van der Waals surface area contributed by atoms with Gasteiger partial charge in [0.05, 0.1) is 36.2 Å². The quantitative estimate of drug-likeness (QED) is 0.336. The molecule has 0 aliphatic carbocycles. The van der Waals surface area contributed by atoms with Crippen LogP contribution in [0.2, 0.25) is 0 Å². The van der Waals surface area contributed by atoms with Gasteiger partial charge in [-0.2, -0.15) is 8.78 Å². The Kier molecular flexibility index (Phi) is 8.73. The molecule has 1 aromatic carbocycles. The SMILES string of the molecule is COc1cc(C(=O)N2CC[C@@H](OC)[C@@H](N)C2)cc2nc(-c3cc4ccc5nc4n3CCCCCCC(F)(F)C(=O)N[C@@H]5C)n(C)c12. The van der Waals surface area contributed by atoms with E-state index in [0.29, 0.717) is 66.5 Å². The number of imidazole rings is 1. The highest BCUT2D eigenvalue weighted by molar-refractivity contribution is 6.00. The summed E-state index contributed by atoms with van der Waals surface area (Å²) in [6.07, 6.45) is 2.40. The predicted octanol–water partition coefficient (Wildman–Crippen LogP) is 4.56.